The van der Waals surface area contributed by atoms with Gasteiger partial charge in [0.15, 0.2) is 0 Å². The molecule has 0 atom stereocenters. The first-order valence-corrected chi connectivity index (χ1v) is 14.6. The van der Waals surface area contributed by atoms with Gasteiger partial charge in [-0.25, -0.2) is 4.39 Å². The van der Waals surface area contributed by atoms with Crippen molar-refractivity contribution in [1.82, 2.24) is 19.6 Å². The molecule has 5 rings (SSSR count). The number of nitrogens with zero attached hydrogens (tertiary/aromatic N) is 5. The lowest BCUT2D eigenvalue weighted by molar-refractivity contribution is 0.0981. The van der Waals surface area contributed by atoms with Gasteiger partial charge < -0.3 is 24.8 Å². The van der Waals surface area contributed by atoms with Gasteiger partial charge in [0.2, 0.25) is 0 Å². The number of fused-ring (bicyclic) bond motifs is 2. The van der Waals surface area contributed by atoms with Crippen molar-refractivity contribution in [2.45, 2.75) is 47.1 Å². The molecule has 3 heterocycles. The molecule has 0 aliphatic carbocycles. The minimum absolute atomic E-state index is 0.0144. The third kappa shape index (κ3) is 7.08. The summed E-state index contributed by atoms with van der Waals surface area (Å²) in [6, 6.07) is 10.4. The maximum atomic E-state index is 15.3. The van der Waals surface area contributed by atoms with E-state index in [4.69, 9.17) is 4.74 Å². The summed E-state index contributed by atoms with van der Waals surface area (Å²) >= 11 is 0. The fourth-order valence-electron chi connectivity index (χ4n) is 5.42. The number of carbonyl (C=O) groups excluding carboxylic acids is 1. The van der Waals surface area contributed by atoms with Crippen LogP contribution in [0, 0.1) is 18.2 Å². The Balaban J connectivity index is 1.16. The number of hydrogen-bond acceptors (Lipinski definition) is 6. The molecule has 0 unspecified atom stereocenters. The van der Waals surface area contributed by atoms with Crippen LogP contribution in [0.15, 0.2) is 42.6 Å². The second-order valence-electron chi connectivity index (χ2n) is 12.5. The number of aromatic nitrogens is 2. The molecule has 2 aromatic carbocycles. The zero-order chi connectivity index (χ0) is 29.1. The Bertz CT molecular complexity index is 1370. The summed E-state index contributed by atoms with van der Waals surface area (Å²) in [5.41, 5.74) is 3.79. The van der Waals surface area contributed by atoms with Gasteiger partial charge in [-0.2, -0.15) is 5.10 Å². The quantitative estimate of drug-likeness (QED) is 0.361. The smallest absolute Gasteiger partial charge is 0.261 e. The standard InChI is InChI=1S/C32H43FN6O2/c1-23-7-10-29-28(19-23)35-30-24(21-34-36(30)5)22-39(29)31(40)26-9-8-25(20-27(26)33)41-18-6-12-37-14-16-38(17-15-37)13-11-32(2,3)4/h7-10,19-21,35H,6,11-18,22H2,1-5H3. The second-order valence-corrected chi connectivity index (χ2v) is 12.5. The number of aryl methyl sites for hydroxylation is 2. The average molecular weight is 563 g/mol. The van der Waals surface area contributed by atoms with Crippen LogP contribution in [0.3, 0.4) is 0 Å². The van der Waals surface area contributed by atoms with Crippen molar-refractivity contribution in [2.24, 2.45) is 12.5 Å². The Morgan fingerprint density at radius 2 is 1.78 bits per heavy atom. The van der Waals surface area contributed by atoms with Crippen molar-refractivity contribution < 1.29 is 13.9 Å². The predicted molar refractivity (Wildman–Crippen MR) is 162 cm³/mol. The molecule has 1 fully saturated rings. The minimum Gasteiger partial charge on any atom is -0.493 e. The molecule has 2 aliphatic rings. The van der Waals surface area contributed by atoms with Crippen LogP contribution in [0.4, 0.5) is 21.6 Å². The normalized spacial score (nSPS) is 16.1. The molecular formula is C32H43FN6O2. The maximum Gasteiger partial charge on any atom is 0.261 e. The van der Waals surface area contributed by atoms with Gasteiger partial charge in [0.1, 0.15) is 17.4 Å². The lowest BCUT2D eigenvalue weighted by Gasteiger charge is -2.35. The van der Waals surface area contributed by atoms with Crippen molar-refractivity contribution in [3.63, 3.8) is 0 Å². The van der Waals surface area contributed by atoms with E-state index in [9.17, 15) is 4.79 Å². The van der Waals surface area contributed by atoms with Gasteiger partial charge >= 0.3 is 0 Å². The van der Waals surface area contributed by atoms with Crippen molar-refractivity contribution in [1.29, 1.82) is 0 Å². The fourth-order valence-corrected chi connectivity index (χ4v) is 5.42. The summed E-state index contributed by atoms with van der Waals surface area (Å²) in [7, 11) is 1.85. The largest absolute Gasteiger partial charge is 0.493 e. The van der Waals surface area contributed by atoms with E-state index in [0.29, 0.717) is 23.5 Å². The number of hydrogen-bond donors (Lipinski definition) is 1. The van der Waals surface area contributed by atoms with Gasteiger partial charge in [-0.1, -0.05) is 26.8 Å². The van der Waals surface area contributed by atoms with Crippen molar-refractivity contribution in [3.05, 3.63) is 65.1 Å². The van der Waals surface area contributed by atoms with Crippen molar-refractivity contribution in [2.75, 3.05) is 56.1 Å². The molecular weight excluding hydrogens is 519 g/mol. The summed E-state index contributed by atoms with van der Waals surface area (Å²) in [6.45, 7) is 16.2. The number of benzene rings is 2. The minimum atomic E-state index is -0.587. The third-order valence-corrected chi connectivity index (χ3v) is 7.99. The van der Waals surface area contributed by atoms with E-state index in [1.165, 1.54) is 18.6 Å². The van der Waals surface area contributed by atoms with Crippen LogP contribution in [0.25, 0.3) is 0 Å². The van der Waals surface area contributed by atoms with Crippen molar-refractivity contribution in [3.8, 4) is 5.75 Å². The van der Waals surface area contributed by atoms with Crippen LogP contribution >= 0.6 is 0 Å². The Hall–Kier alpha value is -3.43. The third-order valence-electron chi connectivity index (χ3n) is 7.99. The summed E-state index contributed by atoms with van der Waals surface area (Å²) in [4.78, 5) is 20.3. The number of rotatable bonds is 8. The first-order chi connectivity index (χ1) is 19.6. The van der Waals surface area contributed by atoms with Gasteiger partial charge in [-0.15, -0.1) is 0 Å². The molecule has 220 valence electrons. The molecule has 0 spiro atoms. The maximum absolute atomic E-state index is 15.3. The van der Waals surface area contributed by atoms with Gasteiger partial charge in [-0.3, -0.25) is 9.48 Å². The van der Waals surface area contributed by atoms with Crippen LogP contribution in [0.1, 0.15) is 55.1 Å². The molecule has 9 heteroatoms. The lowest BCUT2D eigenvalue weighted by Crippen LogP contribution is -2.47. The molecule has 0 radical (unpaired) electrons. The zero-order valence-corrected chi connectivity index (χ0v) is 25.0. The molecule has 2 aliphatic heterocycles. The Morgan fingerprint density at radius 3 is 2.49 bits per heavy atom. The van der Waals surface area contributed by atoms with Crippen LogP contribution in [-0.2, 0) is 13.6 Å². The van der Waals surface area contributed by atoms with Gasteiger partial charge in [0, 0.05) is 51.4 Å². The Morgan fingerprint density at radius 1 is 1.05 bits per heavy atom. The van der Waals surface area contributed by atoms with Crippen molar-refractivity contribution >= 4 is 23.1 Å². The van der Waals surface area contributed by atoms with E-state index in [1.807, 2.05) is 32.2 Å². The monoisotopic (exact) mass is 562 g/mol. The molecule has 41 heavy (non-hydrogen) atoms. The summed E-state index contributed by atoms with van der Waals surface area (Å²) in [5, 5.41) is 7.74. The molecule has 8 nitrogen and oxygen atoms in total. The first kappa shape index (κ1) is 29.1. The second kappa shape index (κ2) is 12.2. The van der Waals surface area contributed by atoms with E-state index in [1.54, 1.807) is 21.8 Å². The number of amides is 1. The highest BCUT2D eigenvalue weighted by Crippen LogP contribution is 2.37. The Kier molecular flexibility index (Phi) is 8.66. The lowest BCUT2D eigenvalue weighted by atomic mass is 9.92. The SMILES string of the molecule is Cc1ccc2c(c1)Nc1c(cnn1C)CN2C(=O)c1ccc(OCCCN2CCN(CCC(C)(C)C)CC2)cc1F. The zero-order valence-electron chi connectivity index (χ0n) is 25.0. The topological polar surface area (TPSA) is 65.9 Å². The van der Waals surface area contributed by atoms with E-state index >= 15 is 4.39 Å². The molecule has 1 N–H and O–H groups in total. The van der Waals surface area contributed by atoms with Crippen LogP contribution in [0.2, 0.25) is 0 Å². The molecule has 0 bridgehead atoms. The number of nitrogens with one attached hydrogen (secondary N) is 1. The molecule has 1 amide bonds. The van der Waals surface area contributed by atoms with Gasteiger partial charge in [0.05, 0.1) is 36.3 Å². The number of anilines is 3. The van der Waals surface area contributed by atoms with Crippen LogP contribution in [0.5, 0.6) is 5.75 Å². The number of carbonyl (C=O) groups is 1. The Labute approximate surface area is 243 Å². The summed E-state index contributed by atoms with van der Waals surface area (Å²) in [6.07, 6.45) is 3.83. The van der Waals surface area contributed by atoms with Gasteiger partial charge in [0.25, 0.3) is 5.91 Å². The fraction of sp³-hybridized carbons (Fsp3) is 0.500. The summed E-state index contributed by atoms with van der Waals surface area (Å²) in [5.74, 6) is 0.267. The molecule has 0 saturated carbocycles. The van der Waals surface area contributed by atoms with E-state index in [0.717, 1.165) is 68.3 Å². The highest BCUT2D eigenvalue weighted by molar-refractivity contribution is 6.08. The highest BCUT2D eigenvalue weighted by atomic mass is 19.1. The number of piperazine rings is 1. The van der Waals surface area contributed by atoms with Crippen LogP contribution in [-0.4, -0.2) is 71.4 Å². The van der Waals surface area contributed by atoms with E-state index in [-0.39, 0.29) is 12.1 Å². The van der Waals surface area contributed by atoms with Crippen LogP contribution < -0.4 is 15.0 Å². The highest BCUT2D eigenvalue weighted by Gasteiger charge is 2.28. The number of ether oxygens (including phenoxy) is 1. The van der Waals surface area contributed by atoms with E-state index in [2.05, 4.69) is 41.0 Å². The predicted octanol–water partition coefficient (Wildman–Crippen LogP) is 5.59. The van der Waals surface area contributed by atoms with E-state index < -0.39 is 11.7 Å². The molecule has 3 aromatic rings. The average Bonchev–Trinajstić information content (AvgIpc) is 3.18. The molecule has 1 aromatic heterocycles. The number of halogens is 1. The summed E-state index contributed by atoms with van der Waals surface area (Å²) < 4.78 is 22.9. The van der Waals surface area contributed by atoms with Gasteiger partial charge in [-0.05, 0) is 61.6 Å². The molecule has 1 saturated heterocycles. The first-order valence-electron chi connectivity index (χ1n) is 14.6.